The Balaban J connectivity index is 2.15. The van der Waals surface area contributed by atoms with Crippen molar-refractivity contribution in [1.29, 1.82) is 0 Å². The summed E-state index contributed by atoms with van der Waals surface area (Å²) in [4.78, 5) is 14.5. The van der Waals surface area contributed by atoms with Gasteiger partial charge in [0.05, 0.1) is 5.02 Å². The molecule has 0 saturated carbocycles. The third kappa shape index (κ3) is 2.87. The fraction of sp³-hybridized carbons (Fsp3) is 0. The van der Waals surface area contributed by atoms with Crippen LogP contribution < -0.4 is 5.32 Å². The number of H-pyrrole nitrogens is 1. The van der Waals surface area contributed by atoms with Crippen LogP contribution in [0.4, 0.5) is 10.1 Å². The molecule has 1 aromatic carbocycles. The molecule has 1 aromatic heterocycles. The number of hydrogen-bond donors (Lipinski definition) is 2. The molecule has 0 unspecified atom stereocenters. The maximum absolute atomic E-state index is 12.9. The number of carbonyl (C=O) groups excluding carboxylic acids is 1. The van der Waals surface area contributed by atoms with E-state index in [1.54, 1.807) is 12.3 Å². The van der Waals surface area contributed by atoms with Gasteiger partial charge in [-0.15, -0.1) is 0 Å². The summed E-state index contributed by atoms with van der Waals surface area (Å²) in [5.74, 6) is -0.842. The number of aromatic nitrogens is 1. The Bertz CT molecular complexity index is 570. The molecule has 0 saturated heterocycles. The Labute approximate surface area is 110 Å². The maximum atomic E-state index is 12.9. The zero-order valence-corrected chi connectivity index (χ0v) is 10.8. The van der Waals surface area contributed by atoms with Crippen LogP contribution in [0.1, 0.15) is 10.5 Å². The number of halogens is 3. The van der Waals surface area contributed by atoms with Crippen LogP contribution >= 0.6 is 27.5 Å². The van der Waals surface area contributed by atoms with E-state index in [2.05, 4.69) is 26.2 Å². The highest BCUT2D eigenvalue weighted by molar-refractivity contribution is 9.10. The molecule has 17 heavy (non-hydrogen) atoms. The summed E-state index contributed by atoms with van der Waals surface area (Å²) in [6.45, 7) is 0. The van der Waals surface area contributed by atoms with Crippen LogP contribution in [0.5, 0.6) is 0 Å². The quantitative estimate of drug-likeness (QED) is 0.869. The molecule has 0 aliphatic rings. The highest BCUT2D eigenvalue weighted by atomic mass is 79.9. The van der Waals surface area contributed by atoms with Gasteiger partial charge in [-0.05, 0) is 40.2 Å². The molecule has 0 atom stereocenters. The molecule has 0 fully saturated rings. The van der Waals surface area contributed by atoms with Gasteiger partial charge in [-0.25, -0.2) is 4.39 Å². The van der Waals surface area contributed by atoms with Gasteiger partial charge < -0.3 is 10.3 Å². The van der Waals surface area contributed by atoms with Crippen LogP contribution in [0.15, 0.2) is 34.9 Å². The van der Waals surface area contributed by atoms with Crippen molar-refractivity contribution in [3.05, 3.63) is 51.5 Å². The summed E-state index contributed by atoms with van der Waals surface area (Å²) in [6.07, 6.45) is 1.65. The van der Waals surface area contributed by atoms with Gasteiger partial charge in [0.2, 0.25) is 0 Å². The molecule has 1 heterocycles. The molecule has 6 heteroatoms. The van der Waals surface area contributed by atoms with Crippen LogP contribution in [-0.4, -0.2) is 10.9 Å². The lowest BCUT2D eigenvalue weighted by atomic mass is 10.3. The summed E-state index contributed by atoms with van der Waals surface area (Å²) in [5, 5.41) is 2.57. The lowest BCUT2D eigenvalue weighted by Crippen LogP contribution is -2.12. The Morgan fingerprint density at radius 1 is 1.41 bits per heavy atom. The lowest BCUT2D eigenvalue weighted by Gasteiger charge is -2.04. The van der Waals surface area contributed by atoms with Crippen molar-refractivity contribution in [3.63, 3.8) is 0 Å². The molecule has 0 bridgehead atoms. The van der Waals surface area contributed by atoms with E-state index in [0.717, 1.165) is 4.47 Å². The molecule has 0 aliphatic carbocycles. The molecule has 0 spiro atoms. The van der Waals surface area contributed by atoms with Crippen molar-refractivity contribution in [2.75, 3.05) is 5.32 Å². The molecule has 88 valence electrons. The highest BCUT2D eigenvalue weighted by Crippen LogP contribution is 2.20. The van der Waals surface area contributed by atoms with Gasteiger partial charge in [0.1, 0.15) is 11.5 Å². The molecule has 1 amide bonds. The van der Waals surface area contributed by atoms with Gasteiger partial charge in [-0.1, -0.05) is 11.6 Å². The van der Waals surface area contributed by atoms with Gasteiger partial charge in [-0.3, -0.25) is 4.79 Å². The van der Waals surface area contributed by atoms with E-state index in [-0.39, 0.29) is 10.9 Å². The second-order valence-electron chi connectivity index (χ2n) is 3.31. The molecule has 2 aromatic rings. The van der Waals surface area contributed by atoms with E-state index in [1.807, 2.05) is 0 Å². The minimum Gasteiger partial charge on any atom is -0.356 e. The van der Waals surface area contributed by atoms with E-state index in [9.17, 15) is 9.18 Å². The number of amides is 1. The number of benzene rings is 1. The minimum absolute atomic E-state index is 0.0320. The largest absolute Gasteiger partial charge is 0.356 e. The van der Waals surface area contributed by atoms with Crippen LogP contribution in [-0.2, 0) is 0 Å². The Kier molecular flexibility index (Phi) is 3.49. The first kappa shape index (κ1) is 12.1. The first-order valence-corrected chi connectivity index (χ1v) is 5.83. The highest BCUT2D eigenvalue weighted by Gasteiger charge is 2.09. The second kappa shape index (κ2) is 4.89. The molecular weight excluding hydrogens is 310 g/mol. The predicted molar refractivity (Wildman–Crippen MR) is 67.9 cm³/mol. The number of anilines is 1. The van der Waals surface area contributed by atoms with Crippen LogP contribution in [0, 0.1) is 5.82 Å². The second-order valence-corrected chi connectivity index (χ2v) is 4.64. The van der Waals surface area contributed by atoms with Crippen molar-refractivity contribution < 1.29 is 9.18 Å². The van der Waals surface area contributed by atoms with Crippen LogP contribution in [0.3, 0.4) is 0 Å². The molecule has 0 radical (unpaired) electrons. The molecule has 0 aliphatic heterocycles. The van der Waals surface area contributed by atoms with Crippen LogP contribution in [0.2, 0.25) is 5.02 Å². The fourth-order valence-electron chi connectivity index (χ4n) is 1.27. The summed E-state index contributed by atoms with van der Waals surface area (Å²) >= 11 is 8.83. The summed E-state index contributed by atoms with van der Waals surface area (Å²) in [7, 11) is 0. The number of rotatable bonds is 2. The molecule has 3 nitrogen and oxygen atoms in total. The lowest BCUT2D eigenvalue weighted by molar-refractivity contribution is 0.102. The number of hydrogen-bond acceptors (Lipinski definition) is 1. The average Bonchev–Trinajstić information content (AvgIpc) is 2.70. The van der Waals surface area contributed by atoms with E-state index < -0.39 is 5.82 Å². The SMILES string of the molecule is O=C(Nc1ccc(F)c(Cl)c1)c1cc(Br)c[nH]1. The van der Waals surface area contributed by atoms with E-state index in [4.69, 9.17) is 11.6 Å². The number of carbonyl (C=O) groups is 1. The summed E-state index contributed by atoms with van der Waals surface area (Å²) in [5.41, 5.74) is 0.837. The topological polar surface area (TPSA) is 44.9 Å². The first-order valence-electron chi connectivity index (χ1n) is 4.66. The number of aromatic amines is 1. The van der Waals surface area contributed by atoms with Crippen molar-refractivity contribution in [3.8, 4) is 0 Å². The first-order chi connectivity index (χ1) is 8.06. The van der Waals surface area contributed by atoms with Crippen molar-refractivity contribution in [2.24, 2.45) is 0 Å². The zero-order chi connectivity index (χ0) is 12.4. The van der Waals surface area contributed by atoms with E-state index >= 15 is 0 Å². The fourth-order valence-corrected chi connectivity index (χ4v) is 1.80. The average molecular weight is 318 g/mol. The Morgan fingerprint density at radius 3 is 2.76 bits per heavy atom. The van der Waals surface area contributed by atoms with Crippen molar-refractivity contribution in [2.45, 2.75) is 0 Å². The normalized spacial score (nSPS) is 10.3. The zero-order valence-electron chi connectivity index (χ0n) is 8.43. The van der Waals surface area contributed by atoms with Gasteiger partial charge in [0.25, 0.3) is 5.91 Å². The molecule has 2 N–H and O–H groups in total. The summed E-state index contributed by atoms with van der Waals surface area (Å²) in [6, 6.07) is 5.63. The van der Waals surface area contributed by atoms with Crippen molar-refractivity contribution >= 4 is 39.1 Å². The maximum Gasteiger partial charge on any atom is 0.272 e. The Hall–Kier alpha value is -1.33. The number of nitrogens with one attached hydrogen (secondary N) is 2. The predicted octanol–water partition coefficient (Wildman–Crippen LogP) is 3.82. The Morgan fingerprint density at radius 2 is 2.18 bits per heavy atom. The monoisotopic (exact) mass is 316 g/mol. The molecule has 2 rings (SSSR count). The van der Waals surface area contributed by atoms with Crippen molar-refractivity contribution in [1.82, 2.24) is 4.98 Å². The van der Waals surface area contributed by atoms with E-state index in [0.29, 0.717) is 11.4 Å². The minimum atomic E-state index is -0.521. The van der Waals surface area contributed by atoms with Gasteiger partial charge in [0, 0.05) is 16.4 Å². The molecular formula is C11H7BrClFN2O. The van der Waals surface area contributed by atoms with E-state index in [1.165, 1.54) is 18.2 Å². The van der Waals surface area contributed by atoms with Crippen LogP contribution in [0.25, 0.3) is 0 Å². The third-order valence-corrected chi connectivity index (χ3v) is 2.82. The summed E-state index contributed by atoms with van der Waals surface area (Å²) < 4.78 is 13.7. The van der Waals surface area contributed by atoms with Gasteiger partial charge in [0.15, 0.2) is 0 Å². The van der Waals surface area contributed by atoms with Gasteiger partial charge >= 0.3 is 0 Å². The third-order valence-electron chi connectivity index (χ3n) is 2.07. The standard InChI is InChI=1S/C11H7BrClFN2O/c12-6-3-10(15-5-6)11(17)16-7-1-2-9(14)8(13)4-7/h1-5,15H,(H,16,17). The smallest absolute Gasteiger partial charge is 0.272 e. The van der Waals surface area contributed by atoms with Gasteiger partial charge in [-0.2, -0.15) is 0 Å².